The molecule has 7 heteroatoms. The van der Waals surface area contributed by atoms with Gasteiger partial charge in [-0.1, -0.05) is 11.6 Å². The second-order valence-corrected chi connectivity index (χ2v) is 9.07. The predicted octanol–water partition coefficient (Wildman–Crippen LogP) is 3.80. The van der Waals surface area contributed by atoms with E-state index in [9.17, 15) is 4.79 Å². The smallest absolute Gasteiger partial charge is 0.168 e. The largest absolute Gasteiger partial charge is 0.355 e. The highest BCUT2D eigenvalue weighted by molar-refractivity contribution is 6.33. The van der Waals surface area contributed by atoms with Gasteiger partial charge < -0.3 is 14.6 Å². The fourth-order valence-corrected chi connectivity index (χ4v) is 5.23. The minimum atomic E-state index is -0.0127. The zero-order valence-corrected chi connectivity index (χ0v) is 18.0. The average Bonchev–Trinajstić information content (AvgIpc) is 2.95. The van der Waals surface area contributed by atoms with Crippen LogP contribution in [0.2, 0.25) is 5.02 Å². The summed E-state index contributed by atoms with van der Waals surface area (Å²) in [5.74, 6) is 1.38. The van der Waals surface area contributed by atoms with Gasteiger partial charge >= 0.3 is 0 Å². The Morgan fingerprint density at radius 3 is 2.81 bits per heavy atom. The minimum Gasteiger partial charge on any atom is -0.355 e. The third-order valence-corrected chi connectivity index (χ3v) is 7.14. The van der Waals surface area contributed by atoms with E-state index >= 15 is 0 Å². The first-order valence-electron chi connectivity index (χ1n) is 11.0. The Hall–Kier alpha value is -2.70. The van der Waals surface area contributed by atoms with Crippen molar-refractivity contribution >= 4 is 40.5 Å². The number of pyridine rings is 2. The number of nitrogens with one attached hydrogen (secondary N) is 1. The van der Waals surface area contributed by atoms with Crippen LogP contribution >= 0.6 is 11.6 Å². The number of anilines is 1. The van der Waals surface area contributed by atoms with Gasteiger partial charge in [0, 0.05) is 49.4 Å². The lowest BCUT2D eigenvalue weighted by atomic mass is 9.69. The molecule has 0 amide bonds. The van der Waals surface area contributed by atoms with E-state index in [1.807, 2.05) is 35.0 Å². The van der Waals surface area contributed by atoms with Gasteiger partial charge in [0.05, 0.1) is 16.4 Å². The first-order valence-corrected chi connectivity index (χ1v) is 11.4. The normalized spacial score (nSPS) is 23.5. The van der Waals surface area contributed by atoms with Crippen LogP contribution in [-0.2, 0) is 4.79 Å². The summed E-state index contributed by atoms with van der Waals surface area (Å²) >= 11 is 6.32. The summed E-state index contributed by atoms with van der Waals surface area (Å²) in [6, 6.07) is 7.93. The molecule has 0 spiro atoms. The number of rotatable bonds is 2. The van der Waals surface area contributed by atoms with Crippen LogP contribution in [0, 0.1) is 5.92 Å². The second-order valence-electron chi connectivity index (χ2n) is 8.66. The van der Waals surface area contributed by atoms with Gasteiger partial charge in [0.15, 0.2) is 11.4 Å². The fourth-order valence-electron chi connectivity index (χ4n) is 5.02. The average molecular weight is 434 g/mol. The standard InChI is InChI=1S/C24H24ClN5O/c25-19-3-1-10-30-14-20(27-24(19)30)18-13-15-4-7-21(29-11-2-8-26-9-12-29)28-22(15)16-5-6-17(16)23(18)31/h1,3-4,7,10,13-14,16-17,26H,2,5-6,8-9,11-12H2. The summed E-state index contributed by atoms with van der Waals surface area (Å²) in [5, 5.41) is 4.03. The molecule has 3 aliphatic rings. The molecule has 2 atom stereocenters. The Morgan fingerprint density at radius 1 is 1.06 bits per heavy atom. The molecule has 1 saturated heterocycles. The van der Waals surface area contributed by atoms with Crippen molar-refractivity contribution in [3.8, 4) is 0 Å². The zero-order valence-electron chi connectivity index (χ0n) is 17.2. The molecule has 2 aliphatic carbocycles. The number of carbonyl (C=O) groups is 1. The van der Waals surface area contributed by atoms with Crippen molar-refractivity contribution in [3.63, 3.8) is 0 Å². The Kier molecular flexibility index (Phi) is 4.58. The van der Waals surface area contributed by atoms with Crippen molar-refractivity contribution in [1.82, 2.24) is 19.7 Å². The lowest BCUT2D eigenvalue weighted by molar-refractivity contribution is -0.120. The number of nitrogens with zero attached hydrogens (tertiary/aromatic N) is 4. The molecule has 0 radical (unpaired) electrons. The van der Waals surface area contributed by atoms with Crippen LogP contribution in [0.25, 0.3) is 17.3 Å². The number of allylic oxidation sites excluding steroid dienone is 1. The monoisotopic (exact) mass is 433 g/mol. The number of Topliss-reactive ketones (excluding diaryl/α,β-unsaturated/α-hetero) is 1. The molecule has 2 fully saturated rings. The molecular weight excluding hydrogens is 410 g/mol. The van der Waals surface area contributed by atoms with Crippen molar-refractivity contribution in [2.24, 2.45) is 5.92 Å². The predicted molar refractivity (Wildman–Crippen MR) is 122 cm³/mol. The van der Waals surface area contributed by atoms with Gasteiger partial charge in [0.2, 0.25) is 0 Å². The van der Waals surface area contributed by atoms with Crippen LogP contribution in [-0.4, -0.2) is 46.3 Å². The molecule has 1 saturated carbocycles. The molecular formula is C24H24ClN5O. The highest BCUT2D eigenvalue weighted by atomic mass is 35.5. The molecule has 2 unspecified atom stereocenters. The van der Waals surface area contributed by atoms with E-state index in [4.69, 9.17) is 21.6 Å². The molecule has 6 nitrogen and oxygen atoms in total. The number of fused-ring (bicyclic) bond motifs is 4. The maximum atomic E-state index is 13.5. The van der Waals surface area contributed by atoms with Gasteiger partial charge in [0.25, 0.3) is 0 Å². The van der Waals surface area contributed by atoms with E-state index < -0.39 is 0 Å². The van der Waals surface area contributed by atoms with E-state index in [1.54, 1.807) is 0 Å². The summed E-state index contributed by atoms with van der Waals surface area (Å²) in [4.78, 5) is 25.6. The van der Waals surface area contributed by atoms with E-state index in [0.29, 0.717) is 21.9 Å². The van der Waals surface area contributed by atoms with Gasteiger partial charge in [-0.05, 0) is 61.7 Å². The van der Waals surface area contributed by atoms with Crippen molar-refractivity contribution < 1.29 is 4.79 Å². The maximum absolute atomic E-state index is 13.5. The summed E-state index contributed by atoms with van der Waals surface area (Å²) in [7, 11) is 0. The number of hydrogen-bond donors (Lipinski definition) is 1. The Morgan fingerprint density at radius 2 is 1.97 bits per heavy atom. The first-order chi connectivity index (χ1) is 15.2. The van der Waals surface area contributed by atoms with E-state index in [0.717, 1.165) is 62.5 Å². The molecule has 1 N–H and O–H groups in total. The Labute approximate surface area is 185 Å². The summed E-state index contributed by atoms with van der Waals surface area (Å²) < 4.78 is 1.88. The molecule has 0 bridgehead atoms. The first kappa shape index (κ1) is 19.0. The number of carbonyl (C=O) groups excluding carboxylic acids is 1. The molecule has 31 heavy (non-hydrogen) atoms. The van der Waals surface area contributed by atoms with Gasteiger partial charge in [-0.25, -0.2) is 9.97 Å². The van der Waals surface area contributed by atoms with Gasteiger partial charge in [0.1, 0.15) is 5.82 Å². The maximum Gasteiger partial charge on any atom is 0.168 e. The number of ketones is 1. The van der Waals surface area contributed by atoms with E-state index in [-0.39, 0.29) is 17.6 Å². The number of imidazole rings is 1. The van der Waals surface area contributed by atoms with Crippen LogP contribution in [0.3, 0.4) is 0 Å². The van der Waals surface area contributed by atoms with E-state index in [1.165, 1.54) is 0 Å². The quantitative estimate of drug-likeness (QED) is 0.666. The lowest BCUT2D eigenvalue weighted by Gasteiger charge is -2.35. The molecule has 4 heterocycles. The van der Waals surface area contributed by atoms with Crippen LogP contribution in [0.4, 0.5) is 5.82 Å². The summed E-state index contributed by atoms with van der Waals surface area (Å²) in [6.07, 6.45) is 8.84. The Bertz CT molecular complexity index is 1210. The van der Waals surface area contributed by atoms with E-state index in [2.05, 4.69) is 22.3 Å². The van der Waals surface area contributed by atoms with Gasteiger partial charge in [-0.2, -0.15) is 0 Å². The third kappa shape index (κ3) is 3.17. The highest BCUT2D eigenvalue weighted by Gasteiger charge is 2.43. The van der Waals surface area contributed by atoms with Crippen molar-refractivity contribution in [3.05, 3.63) is 58.6 Å². The van der Waals surface area contributed by atoms with Crippen molar-refractivity contribution in [1.29, 1.82) is 0 Å². The molecule has 6 rings (SSSR count). The number of hydrogen-bond acceptors (Lipinski definition) is 5. The van der Waals surface area contributed by atoms with Crippen molar-refractivity contribution in [2.75, 3.05) is 31.1 Å². The SMILES string of the molecule is O=C1C(c2cn3cccc(Cl)c3n2)=Cc2ccc(N3CCCNCC3)nc2C2CCC12. The number of aromatic nitrogens is 3. The van der Waals surface area contributed by atoms with Crippen LogP contribution in [0.1, 0.15) is 42.1 Å². The Balaban J connectivity index is 1.44. The lowest BCUT2D eigenvalue weighted by Crippen LogP contribution is -2.32. The second kappa shape index (κ2) is 7.46. The molecule has 3 aromatic rings. The molecule has 158 valence electrons. The zero-order chi connectivity index (χ0) is 20.9. The van der Waals surface area contributed by atoms with Crippen LogP contribution in [0.5, 0.6) is 0 Å². The van der Waals surface area contributed by atoms with Crippen molar-refractivity contribution in [2.45, 2.75) is 25.2 Å². The molecule has 0 aromatic carbocycles. The summed E-state index contributed by atoms with van der Waals surface area (Å²) in [5.41, 5.74) is 4.12. The number of halogens is 1. The van der Waals surface area contributed by atoms with Crippen LogP contribution in [0.15, 0.2) is 36.7 Å². The third-order valence-electron chi connectivity index (χ3n) is 6.85. The fraction of sp³-hybridized carbons (Fsp3) is 0.375. The van der Waals surface area contributed by atoms with Crippen LogP contribution < -0.4 is 10.2 Å². The highest BCUT2D eigenvalue weighted by Crippen LogP contribution is 2.48. The minimum absolute atomic E-state index is 0.0127. The summed E-state index contributed by atoms with van der Waals surface area (Å²) in [6.45, 7) is 4.00. The molecule has 1 aliphatic heterocycles. The van der Waals surface area contributed by atoms with Gasteiger partial charge in [-0.15, -0.1) is 0 Å². The molecule has 3 aromatic heterocycles. The van der Waals surface area contributed by atoms with Gasteiger partial charge in [-0.3, -0.25) is 4.79 Å². The topological polar surface area (TPSA) is 62.5 Å².